The summed E-state index contributed by atoms with van der Waals surface area (Å²) in [6, 6.07) is -0.466. The Morgan fingerprint density at radius 2 is 1.56 bits per heavy atom. The molecule has 16 heteroatoms. The normalized spacial score (nSPS) is 45.8. The molecule has 0 bridgehead atoms. The van der Waals surface area contributed by atoms with Gasteiger partial charge < -0.3 is 72.9 Å². The van der Waals surface area contributed by atoms with Gasteiger partial charge in [0.25, 0.3) is 0 Å². The molecule has 0 aromatic rings. The molecule has 59 heavy (non-hydrogen) atoms. The van der Waals surface area contributed by atoms with Crippen molar-refractivity contribution in [1.29, 1.82) is 0 Å². The van der Waals surface area contributed by atoms with E-state index in [4.69, 9.17) is 37.9 Å². The molecule has 4 N–H and O–H groups in total. The Labute approximate surface area is 351 Å². The minimum absolute atomic E-state index is 0.00885. The van der Waals surface area contributed by atoms with Crippen molar-refractivity contribution in [3.63, 3.8) is 0 Å². The van der Waals surface area contributed by atoms with Gasteiger partial charge in [0, 0.05) is 32.4 Å². The molecule has 3 fully saturated rings. The monoisotopic (exact) mass is 843 g/mol. The molecule has 0 saturated carbocycles. The smallest absolute Gasteiger partial charge is 0.308 e. The van der Waals surface area contributed by atoms with Crippen LogP contribution in [0.5, 0.6) is 0 Å². The summed E-state index contributed by atoms with van der Waals surface area (Å²) in [5.74, 6) is -1.47. The number of carbonyl (C=O) groups is 2. The van der Waals surface area contributed by atoms with E-state index < -0.39 is 110 Å². The number of esters is 1. The molecule has 2 unspecified atom stereocenters. The first-order chi connectivity index (χ1) is 27.8. The molecule has 4 aliphatic heterocycles. The first kappa shape index (κ1) is 49.8. The summed E-state index contributed by atoms with van der Waals surface area (Å²) in [5, 5.41) is 45.1. The Bertz CT molecular complexity index is 1370. The Kier molecular flexibility index (Phi) is 18.9. The van der Waals surface area contributed by atoms with Gasteiger partial charge in [0.15, 0.2) is 18.9 Å². The topological polar surface area (TPSA) is 195 Å². The maximum Gasteiger partial charge on any atom is 0.308 e. The van der Waals surface area contributed by atoms with Crippen LogP contribution in [0.2, 0.25) is 0 Å². The molecule has 0 spiro atoms. The van der Waals surface area contributed by atoms with E-state index in [0.717, 1.165) is 12.7 Å². The van der Waals surface area contributed by atoms with Crippen LogP contribution >= 0.6 is 0 Å². The molecular formula is C43H74N2O14. The summed E-state index contributed by atoms with van der Waals surface area (Å²) in [7, 11) is 9.03. The van der Waals surface area contributed by atoms with Gasteiger partial charge in [-0.1, -0.05) is 31.2 Å². The lowest BCUT2D eigenvalue weighted by Crippen LogP contribution is -2.65. The van der Waals surface area contributed by atoms with Gasteiger partial charge in [-0.15, -0.1) is 0 Å². The van der Waals surface area contributed by atoms with Crippen molar-refractivity contribution in [3.05, 3.63) is 24.3 Å². The number of rotatable bonds is 11. The van der Waals surface area contributed by atoms with Crippen LogP contribution in [-0.2, 0) is 47.5 Å². The zero-order valence-electron chi connectivity index (χ0n) is 37.0. The second-order valence-corrected chi connectivity index (χ2v) is 17.8. The van der Waals surface area contributed by atoms with Crippen molar-refractivity contribution in [2.24, 2.45) is 11.8 Å². The molecule has 19 atom stereocenters. The third kappa shape index (κ3) is 13.3. The highest BCUT2D eigenvalue weighted by Gasteiger charge is 2.52. The summed E-state index contributed by atoms with van der Waals surface area (Å²) < 4.78 is 50.0. The number of ether oxygens (including phenoxy) is 8. The van der Waals surface area contributed by atoms with E-state index in [1.165, 1.54) is 14.0 Å². The average Bonchev–Trinajstić information content (AvgIpc) is 3.13. The van der Waals surface area contributed by atoms with Crippen LogP contribution in [0.25, 0.3) is 0 Å². The highest BCUT2D eigenvalue weighted by molar-refractivity contribution is 5.70. The molecule has 4 aliphatic rings. The van der Waals surface area contributed by atoms with Crippen LogP contribution in [0, 0.1) is 11.8 Å². The minimum atomic E-state index is -1.47. The zero-order valence-corrected chi connectivity index (χ0v) is 37.0. The summed E-state index contributed by atoms with van der Waals surface area (Å²) >= 11 is 0. The number of aldehydes is 1. The Morgan fingerprint density at radius 1 is 0.864 bits per heavy atom. The Balaban J connectivity index is 1.66. The second-order valence-electron chi connectivity index (χ2n) is 17.8. The summed E-state index contributed by atoms with van der Waals surface area (Å²) in [4.78, 5) is 29.5. The molecule has 0 aromatic heterocycles. The summed E-state index contributed by atoms with van der Waals surface area (Å²) in [5.41, 5.74) is -1.47. The van der Waals surface area contributed by atoms with E-state index in [0.29, 0.717) is 19.3 Å². The molecular weight excluding hydrogens is 768 g/mol. The fourth-order valence-electron chi connectivity index (χ4n) is 9.10. The molecule has 0 aromatic carbocycles. The molecule has 340 valence electrons. The number of aliphatic hydroxyl groups is 4. The van der Waals surface area contributed by atoms with Gasteiger partial charge in [-0.25, -0.2) is 0 Å². The third-order valence-electron chi connectivity index (χ3n) is 12.4. The van der Waals surface area contributed by atoms with Gasteiger partial charge in [0.1, 0.15) is 36.8 Å². The Morgan fingerprint density at radius 3 is 2.17 bits per heavy atom. The van der Waals surface area contributed by atoms with E-state index in [1.54, 1.807) is 39.8 Å². The quantitative estimate of drug-likeness (QED) is 0.175. The number of allylic oxidation sites excluding steroid dienone is 2. The molecule has 0 radical (unpaired) electrons. The van der Waals surface area contributed by atoms with E-state index >= 15 is 0 Å². The van der Waals surface area contributed by atoms with Crippen molar-refractivity contribution in [2.45, 2.75) is 190 Å². The van der Waals surface area contributed by atoms with Crippen molar-refractivity contribution >= 4 is 12.3 Å². The van der Waals surface area contributed by atoms with E-state index in [9.17, 15) is 30.0 Å². The highest BCUT2D eigenvalue weighted by Crippen LogP contribution is 2.37. The van der Waals surface area contributed by atoms with Crippen LogP contribution in [0.15, 0.2) is 24.3 Å². The molecule has 0 amide bonds. The fourth-order valence-corrected chi connectivity index (χ4v) is 9.10. The average molecular weight is 843 g/mol. The lowest BCUT2D eigenvalue weighted by atomic mass is 9.82. The zero-order chi connectivity index (χ0) is 43.8. The lowest BCUT2D eigenvalue weighted by Gasteiger charge is -2.50. The number of nitrogens with zero attached hydrogens (tertiary/aromatic N) is 2. The van der Waals surface area contributed by atoms with Gasteiger partial charge in [-0.2, -0.15) is 0 Å². The lowest BCUT2D eigenvalue weighted by molar-refractivity contribution is -0.344. The van der Waals surface area contributed by atoms with Crippen LogP contribution in [0.1, 0.15) is 86.5 Å². The predicted octanol–water partition coefficient (Wildman–Crippen LogP) is 2.33. The standard InChI is InChI=1S/C43H74N2O14/c1-24-21-29(19-20-46)39(59-42-37(49)36(45(9)10)38(27(4)56-42)58-35-23-43(6,51)41(50)28(5)55-35)40(52-11)31(47)22-33(48)53-25(2)15-13-12-14-16-32(24)57-34-18-17-30(44(7)8)26(3)54-34/h12-14,16,20,24-32,34-42,47,49-51H,15,17-19,21-23H2,1-11H3/b13-12+,16-14+/t24-,25-,26-,27-,28+,29+,30+,31-,32+,34+,35+,36-,37-,38-,39+,40?,41+,42+,43?/m1/s1. The van der Waals surface area contributed by atoms with Crippen molar-refractivity contribution in [3.8, 4) is 0 Å². The van der Waals surface area contributed by atoms with Gasteiger partial charge in [-0.3, -0.25) is 4.79 Å². The number of methoxy groups -OCH3 is 1. The number of likely N-dealkylation sites (N-methyl/N-ethyl adjacent to an activating group) is 2. The van der Waals surface area contributed by atoms with Gasteiger partial charge in [0.2, 0.25) is 0 Å². The van der Waals surface area contributed by atoms with Crippen molar-refractivity contribution in [1.82, 2.24) is 9.80 Å². The maximum absolute atomic E-state index is 13.1. The SMILES string of the molecule is COC1[C@H](O)CC(=O)O[C@H](C)C/C=C/C=C/[C@H](O[C@H]2CC[C@H](N(C)C)[C@@H](C)O2)[C@H](C)C[C@H](CC=O)[C@@H]1O[C@@H]1O[C@H](C)[C@@H](O[C@H]2CC(C)(O)[C@@H](O)[C@H](C)O2)[C@H](N(C)C)[C@H]1O. The number of hydrogen-bond acceptors (Lipinski definition) is 16. The van der Waals surface area contributed by atoms with Crippen LogP contribution < -0.4 is 0 Å². The van der Waals surface area contributed by atoms with Gasteiger partial charge in [0.05, 0.1) is 54.7 Å². The number of hydrogen-bond donors (Lipinski definition) is 4. The maximum atomic E-state index is 13.1. The largest absolute Gasteiger partial charge is 0.462 e. The number of aliphatic hydroxyl groups excluding tert-OH is 3. The first-order valence-corrected chi connectivity index (χ1v) is 21.3. The highest BCUT2D eigenvalue weighted by atomic mass is 16.7. The molecule has 4 heterocycles. The fraction of sp³-hybridized carbons (Fsp3) is 0.860. The number of carbonyl (C=O) groups excluding carboxylic acids is 2. The molecule has 16 nitrogen and oxygen atoms in total. The van der Waals surface area contributed by atoms with E-state index in [1.807, 2.05) is 52.2 Å². The minimum Gasteiger partial charge on any atom is -0.462 e. The van der Waals surface area contributed by atoms with Crippen LogP contribution in [0.3, 0.4) is 0 Å². The predicted molar refractivity (Wildman–Crippen MR) is 217 cm³/mol. The van der Waals surface area contributed by atoms with Crippen LogP contribution in [-0.4, -0.2) is 181 Å². The van der Waals surface area contributed by atoms with E-state index in [2.05, 4.69) is 4.90 Å². The molecule has 3 saturated heterocycles. The Hall–Kier alpha value is -1.90. The second kappa shape index (κ2) is 22.5. The van der Waals surface area contributed by atoms with Crippen molar-refractivity contribution < 1.29 is 67.9 Å². The molecule has 4 rings (SSSR count). The van der Waals surface area contributed by atoms with Crippen LogP contribution in [0.4, 0.5) is 0 Å². The first-order valence-electron chi connectivity index (χ1n) is 21.3. The van der Waals surface area contributed by atoms with Gasteiger partial charge >= 0.3 is 5.97 Å². The van der Waals surface area contributed by atoms with Gasteiger partial charge in [-0.05, 0) is 93.9 Å². The summed E-state index contributed by atoms with van der Waals surface area (Å²) in [6.07, 6.45) is -1.56. The summed E-state index contributed by atoms with van der Waals surface area (Å²) in [6.45, 7) is 10.8. The van der Waals surface area contributed by atoms with Crippen molar-refractivity contribution in [2.75, 3.05) is 35.3 Å². The third-order valence-corrected chi connectivity index (χ3v) is 12.4. The molecule has 0 aliphatic carbocycles. The van der Waals surface area contributed by atoms with E-state index in [-0.39, 0.29) is 30.9 Å². The number of cyclic esters (lactones) is 1.